The molecule has 1 unspecified atom stereocenters. The third-order valence-electron chi connectivity index (χ3n) is 4.06. The highest BCUT2D eigenvalue weighted by atomic mass is 32.1. The minimum atomic E-state index is -0.360. The van der Waals surface area contributed by atoms with Gasteiger partial charge in [0.1, 0.15) is 6.54 Å². The van der Waals surface area contributed by atoms with Gasteiger partial charge in [0.2, 0.25) is 0 Å². The molecule has 3 heterocycles. The monoisotopic (exact) mass is 404 g/mol. The van der Waals surface area contributed by atoms with Crippen LogP contribution in [0, 0.1) is 6.92 Å². The van der Waals surface area contributed by atoms with E-state index < -0.39 is 0 Å². The van der Waals surface area contributed by atoms with Gasteiger partial charge in [-0.15, -0.1) is 22.7 Å². The molecule has 8 heteroatoms. The second-order valence-corrected chi connectivity index (χ2v) is 9.40. The number of aryl methyl sites for hydroxylation is 1. The standard InChI is InChI=1S/C19H24N4O2S2/c1-12-7-9-27-17(12)14-10-13(15-6-5-8-26-15)22-23(14)16(24)11-20-18(25)21-19(2,3)4/h5-9,14H,10-11H2,1-4H3,(H2,20,21,25). The Bertz CT molecular complexity index is 849. The van der Waals surface area contributed by atoms with Crippen molar-refractivity contribution < 1.29 is 9.59 Å². The van der Waals surface area contributed by atoms with E-state index >= 15 is 0 Å². The molecule has 0 saturated heterocycles. The Morgan fingerprint density at radius 3 is 2.63 bits per heavy atom. The van der Waals surface area contributed by atoms with Gasteiger partial charge in [0, 0.05) is 16.8 Å². The minimum Gasteiger partial charge on any atom is -0.334 e. The topological polar surface area (TPSA) is 73.8 Å². The van der Waals surface area contributed by atoms with Crippen molar-refractivity contribution in [2.45, 2.75) is 45.7 Å². The van der Waals surface area contributed by atoms with E-state index in [1.807, 2.05) is 50.6 Å². The van der Waals surface area contributed by atoms with Gasteiger partial charge >= 0.3 is 6.03 Å². The fourth-order valence-electron chi connectivity index (χ4n) is 2.88. The molecule has 0 fully saturated rings. The van der Waals surface area contributed by atoms with Gasteiger partial charge in [-0.25, -0.2) is 9.80 Å². The Balaban J connectivity index is 1.75. The van der Waals surface area contributed by atoms with Crippen LogP contribution in [0.1, 0.15) is 48.6 Å². The van der Waals surface area contributed by atoms with E-state index in [-0.39, 0.29) is 30.1 Å². The summed E-state index contributed by atoms with van der Waals surface area (Å²) in [6, 6.07) is 5.58. The van der Waals surface area contributed by atoms with Crippen LogP contribution in [0.2, 0.25) is 0 Å². The molecule has 3 amide bonds. The first-order chi connectivity index (χ1) is 12.7. The van der Waals surface area contributed by atoms with Crippen molar-refractivity contribution in [3.8, 4) is 0 Å². The van der Waals surface area contributed by atoms with Gasteiger partial charge in [-0.1, -0.05) is 6.07 Å². The molecule has 27 heavy (non-hydrogen) atoms. The Labute approximate surface area is 167 Å². The summed E-state index contributed by atoms with van der Waals surface area (Å²) in [5, 5.41) is 15.6. The summed E-state index contributed by atoms with van der Waals surface area (Å²) in [7, 11) is 0. The average molecular weight is 405 g/mol. The van der Waals surface area contributed by atoms with Crippen LogP contribution in [0.3, 0.4) is 0 Å². The molecule has 144 valence electrons. The largest absolute Gasteiger partial charge is 0.334 e. The van der Waals surface area contributed by atoms with Crippen LogP contribution in [-0.4, -0.2) is 34.7 Å². The van der Waals surface area contributed by atoms with Crippen molar-refractivity contribution in [2.75, 3.05) is 6.54 Å². The van der Waals surface area contributed by atoms with E-state index in [1.165, 1.54) is 5.01 Å². The fraction of sp³-hybridized carbons (Fsp3) is 0.421. The Hall–Kier alpha value is -2.19. The number of rotatable bonds is 4. The average Bonchev–Trinajstić information content (AvgIpc) is 3.30. The second-order valence-electron chi connectivity index (χ2n) is 7.51. The van der Waals surface area contributed by atoms with Crippen LogP contribution < -0.4 is 10.6 Å². The molecular formula is C19H24N4O2S2. The number of carbonyl (C=O) groups is 2. The number of carbonyl (C=O) groups excluding carboxylic acids is 2. The van der Waals surface area contributed by atoms with Gasteiger partial charge in [0.15, 0.2) is 0 Å². The molecule has 2 N–H and O–H groups in total. The zero-order chi connectivity index (χ0) is 19.6. The number of hydrogen-bond donors (Lipinski definition) is 2. The molecule has 6 nitrogen and oxygen atoms in total. The van der Waals surface area contributed by atoms with Crippen molar-refractivity contribution in [1.29, 1.82) is 0 Å². The number of hydrogen-bond acceptors (Lipinski definition) is 5. The van der Waals surface area contributed by atoms with Gasteiger partial charge in [-0.05, 0) is 56.2 Å². The van der Waals surface area contributed by atoms with Crippen LogP contribution in [0.5, 0.6) is 0 Å². The quantitative estimate of drug-likeness (QED) is 0.811. The van der Waals surface area contributed by atoms with Crippen LogP contribution in [0.15, 0.2) is 34.1 Å². The predicted octanol–water partition coefficient (Wildman–Crippen LogP) is 3.89. The van der Waals surface area contributed by atoms with E-state index in [2.05, 4.69) is 21.8 Å². The summed E-state index contributed by atoms with van der Waals surface area (Å²) in [5.41, 5.74) is 1.71. The molecular weight excluding hydrogens is 380 g/mol. The lowest BCUT2D eigenvalue weighted by molar-refractivity contribution is -0.131. The van der Waals surface area contributed by atoms with E-state index in [0.717, 1.165) is 21.0 Å². The molecule has 0 aromatic carbocycles. The zero-order valence-electron chi connectivity index (χ0n) is 15.9. The van der Waals surface area contributed by atoms with Crippen LogP contribution in [-0.2, 0) is 4.79 Å². The summed E-state index contributed by atoms with van der Waals surface area (Å²) >= 11 is 3.25. The SMILES string of the molecule is Cc1ccsc1C1CC(c2cccs2)=NN1C(=O)CNC(=O)NC(C)(C)C. The molecule has 0 spiro atoms. The number of thiophene rings is 2. The van der Waals surface area contributed by atoms with Crippen LogP contribution in [0.25, 0.3) is 0 Å². The van der Waals surface area contributed by atoms with Crippen molar-refractivity contribution in [1.82, 2.24) is 15.6 Å². The maximum atomic E-state index is 12.8. The van der Waals surface area contributed by atoms with Gasteiger partial charge in [0.25, 0.3) is 5.91 Å². The molecule has 2 aromatic rings. The Kier molecular flexibility index (Phi) is 5.67. The third kappa shape index (κ3) is 4.75. The summed E-state index contributed by atoms with van der Waals surface area (Å²) in [6.07, 6.45) is 0.682. The van der Waals surface area contributed by atoms with Crippen molar-refractivity contribution >= 4 is 40.3 Å². The maximum Gasteiger partial charge on any atom is 0.315 e. The lowest BCUT2D eigenvalue weighted by atomic mass is 10.1. The lowest BCUT2D eigenvalue weighted by Gasteiger charge is -2.23. The minimum absolute atomic E-state index is 0.0932. The number of amides is 3. The highest BCUT2D eigenvalue weighted by Crippen LogP contribution is 2.37. The number of hydrazone groups is 1. The third-order valence-corrected chi connectivity index (χ3v) is 6.10. The molecule has 3 rings (SSSR count). The molecule has 0 bridgehead atoms. The molecule has 0 aliphatic carbocycles. The molecule has 0 saturated carbocycles. The van der Waals surface area contributed by atoms with Crippen LogP contribution in [0.4, 0.5) is 4.79 Å². The fourth-order valence-corrected chi connectivity index (χ4v) is 4.62. The highest BCUT2D eigenvalue weighted by molar-refractivity contribution is 7.12. The van der Waals surface area contributed by atoms with Crippen molar-refractivity contribution in [3.05, 3.63) is 44.3 Å². The maximum absolute atomic E-state index is 12.8. The molecule has 2 aromatic heterocycles. The summed E-state index contributed by atoms with van der Waals surface area (Å²) < 4.78 is 0. The van der Waals surface area contributed by atoms with Gasteiger partial charge in [-0.2, -0.15) is 5.10 Å². The van der Waals surface area contributed by atoms with Gasteiger partial charge in [-0.3, -0.25) is 4.79 Å². The first kappa shape index (κ1) is 19.6. The first-order valence-corrected chi connectivity index (χ1v) is 10.5. The highest BCUT2D eigenvalue weighted by Gasteiger charge is 2.35. The smallest absolute Gasteiger partial charge is 0.315 e. The molecule has 1 aliphatic rings. The van der Waals surface area contributed by atoms with E-state index in [0.29, 0.717) is 6.42 Å². The van der Waals surface area contributed by atoms with Crippen molar-refractivity contribution in [3.63, 3.8) is 0 Å². The number of nitrogens with one attached hydrogen (secondary N) is 2. The summed E-state index contributed by atoms with van der Waals surface area (Å²) in [5.74, 6) is -0.219. The molecule has 0 radical (unpaired) electrons. The number of nitrogens with zero attached hydrogens (tertiary/aromatic N) is 2. The number of urea groups is 1. The van der Waals surface area contributed by atoms with Gasteiger partial charge < -0.3 is 10.6 Å². The zero-order valence-corrected chi connectivity index (χ0v) is 17.5. The molecule has 1 atom stereocenters. The second kappa shape index (κ2) is 7.82. The summed E-state index contributed by atoms with van der Waals surface area (Å²) in [4.78, 5) is 27.0. The van der Waals surface area contributed by atoms with Gasteiger partial charge in [0.05, 0.1) is 16.6 Å². The summed E-state index contributed by atoms with van der Waals surface area (Å²) in [6.45, 7) is 7.63. The Morgan fingerprint density at radius 2 is 2.04 bits per heavy atom. The first-order valence-electron chi connectivity index (χ1n) is 8.78. The lowest BCUT2D eigenvalue weighted by Crippen LogP contribution is -2.48. The van der Waals surface area contributed by atoms with E-state index in [9.17, 15) is 9.59 Å². The van der Waals surface area contributed by atoms with E-state index in [4.69, 9.17) is 0 Å². The Morgan fingerprint density at radius 1 is 1.26 bits per heavy atom. The molecule has 1 aliphatic heterocycles. The normalized spacial score (nSPS) is 17.0. The van der Waals surface area contributed by atoms with Crippen molar-refractivity contribution in [2.24, 2.45) is 5.10 Å². The predicted molar refractivity (Wildman–Crippen MR) is 110 cm³/mol. The van der Waals surface area contributed by atoms with E-state index in [1.54, 1.807) is 22.7 Å². The van der Waals surface area contributed by atoms with Crippen LogP contribution >= 0.6 is 22.7 Å².